The van der Waals surface area contributed by atoms with E-state index in [-0.39, 0.29) is 23.7 Å². The average Bonchev–Trinajstić information content (AvgIpc) is 3.46. The van der Waals surface area contributed by atoms with Crippen LogP contribution in [0.25, 0.3) is 11.0 Å². The Morgan fingerprint density at radius 2 is 2.16 bits per heavy atom. The van der Waals surface area contributed by atoms with E-state index < -0.39 is 0 Å². The number of carbonyl (C=O) groups is 2. The van der Waals surface area contributed by atoms with Gasteiger partial charge in [-0.2, -0.15) is 5.10 Å². The second kappa shape index (κ2) is 8.72. The zero-order chi connectivity index (χ0) is 22.1. The van der Waals surface area contributed by atoms with Gasteiger partial charge in [-0.15, -0.1) is 0 Å². The summed E-state index contributed by atoms with van der Waals surface area (Å²) in [5, 5.41) is 12.8. The van der Waals surface area contributed by atoms with E-state index in [2.05, 4.69) is 15.5 Å². The highest BCUT2D eigenvalue weighted by molar-refractivity contribution is 5.92. The molecule has 3 aromatic heterocycles. The van der Waals surface area contributed by atoms with Gasteiger partial charge in [0.05, 0.1) is 12.2 Å². The molecule has 3 aromatic rings. The van der Waals surface area contributed by atoms with Crippen molar-refractivity contribution in [2.24, 2.45) is 5.92 Å². The molecule has 1 N–H and O–H groups in total. The molecular weight excluding hydrogens is 408 g/mol. The van der Waals surface area contributed by atoms with Crippen LogP contribution in [0, 0.1) is 5.92 Å². The molecule has 1 aliphatic carbocycles. The summed E-state index contributed by atoms with van der Waals surface area (Å²) >= 11 is 0. The largest absolute Gasteiger partial charge is 0.361 e. The molecule has 9 nitrogen and oxygen atoms in total. The number of hydrogen-bond acceptors (Lipinski definition) is 6. The van der Waals surface area contributed by atoms with Crippen LogP contribution < -0.4 is 5.32 Å². The van der Waals surface area contributed by atoms with Gasteiger partial charge in [0.25, 0.3) is 5.91 Å². The third-order valence-corrected chi connectivity index (χ3v) is 6.33. The predicted molar refractivity (Wildman–Crippen MR) is 117 cm³/mol. The average molecular weight is 437 g/mol. The van der Waals surface area contributed by atoms with Crippen molar-refractivity contribution in [2.45, 2.75) is 51.5 Å². The van der Waals surface area contributed by atoms with Gasteiger partial charge in [-0.05, 0) is 37.8 Å². The number of carbonyl (C=O) groups excluding carboxylic acids is 2. The number of hydrogen-bond donors (Lipinski definition) is 1. The van der Waals surface area contributed by atoms with Crippen molar-refractivity contribution in [3.63, 3.8) is 0 Å². The SMILES string of the molecule is CCc1cc(C(=O)N2CCCC(c3nn(CCNC(=O)C4CC4)c4ncccc34)C2)no1. The molecule has 2 amide bonds. The lowest BCUT2D eigenvalue weighted by molar-refractivity contribution is -0.122. The molecule has 1 saturated carbocycles. The Morgan fingerprint density at radius 3 is 2.94 bits per heavy atom. The van der Waals surface area contributed by atoms with Crippen LogP contribution >= 0.6 is 0 Å². The monoisotopic (exact) mass is 436 g/mol. The molecule has 32 heavy (non-hydrogen) atoms. The minimum atomic E-state index is -0.0946. The molecular formula is C23H28N6O3. The number of piperidine rings is 1. The Kier molecular flexibility index (Phi) is 5.63. The van der Waals surface area contributed by atoms with Gasteiger partial charge in [-0.25, -0.2) is 9.67 Å². The highest BCUT2D eigenvalue weighted by atomic mass is 16.5. The summed E-state index contributed by atoms with van der Waals surface area (Å²) in [5.41, 5.74) is 2.15. The maximum absolute atomic E-state index is 13.0. The zero-order valence-electron chi connectivity index (χ0n) is 18.3. The first-order valence-corrected chi connectivity index (χ1v) is 11.5. The van der Waals surface area contributed by atoms with Crippen LogP contribution in [0.1, 0.15) is 60.5 Å². The van der Waals surface area contributed by atoms with Crippen molar-refractivity contribution in [1.82, 2.24) is 30.1 Å². The van der Waals surface area contributed by atoms with E-state index in [0.717, 1.165) is 42.4 Å². The van der Waals surface area contributed by atoms with E-state index in [9.17, 15) is 9.59 Å². The highest BCUT2D eigenvalue weighted by Crippen LogP contribution is 2.32. The third kappa shape index (κ3) is 4.11. The Balaban J connectivity index is 1.33. The number of aromatic nitrogens is 4. The smallest absolute Gasteiger partial charge is 0.276 e. The lowest BCUT2D eigenvalue weighted by atomic mass is 9.93. The number of aryl methyl sites for hydroxylation is 1. The molecule has 0 spiro atoms. The summed E-state index contributed by atoms with van der Waals surface area (Å²) in [6.45, 7) is 4.36. The van der Waals surface area contributed by atoms with Gasteiger partial charge in [-0.3, -0.25) is 9.59 Å². The van der Waals surface area contributed by atoms with Gasteiger partial charge in [0, 0.05) is 55.5 Å². The third-order valence-electron chi connectivity index (χ3n) is 6.33. The predicted octanol–water partition coefficient (Wildman–Crippen LogP) is 2.53. The van der Waals surface area contributed by atoms with Crippen molar-refractivity contribution in [2.75, 3.05) is 19.6 Å². The Morgan fingerprint density at radius 1 is 1.28 bits per heavy atom. The molecule has 0 bridgehead atoms. The second-order valence-electron chi connectivity index (χ2n) is 8.67. The molecule has 0 radical (unpaired) electrons. The number of fused-ring (bicyclic) bond motifs is 1. The zero-order valence-corrected chi connectivity index (χ0v) is 18.3. The van der Waals surface area contributed by atoms with Crippen molar-refractivity contribution >= 4 is 22.8 Å². The maximum atomic E-state index is 13.0. The van der Waals surface area contributed by atoms with Crippen LogP contribution in [0.4, 0.5) is 0 Å². The molecule has 4 heterocycles. The van der Waals surface area contributed by atoms with Gasteiger partial charge in [0.1, 0.15) is 5.76 Å². The van der Waals surface area contributed by atoms with Crippen LogP contribution in [0.2, 0.25) is 0 Å². The lowest BCUT2D eigenvalue weighted by Gasteiger charge is -2.31. The molecule has 2 aliphatic rings. The van der Waals surface area contributed by atoms with E-state index >= 15 is 0 Å². The molecule has 9 heteroatoms. The van der Waals surface area contributed by atoms with Crippen molar-refractivity contribution in [3.8, 4) is 0 Å². The van der Waals surface area contributed by atoms with E-state index in [1.165, 1.54) is 0 Å². The standard InChI is InChI=1S/C23H28N6O3/c1-2-17-13-19(27-32-17)23(31)28-11-4-5-16(14-28)20-18-6-3-9-24-21(18)29(26-20)12-10-25-22(30)15-7-8-15/h3,6,9,13,15-16H,2,4-5,7-8,10-12,14H2,1H3,(H,25,30). The van der Waals surface area contributed by atoms with Crippen LogP contribution in [0.5, 0.6) is 0 Å². The fourth-order valence-electron chi connectivity index (χ4n) is 4.39. The first-order valence-electron chi connectivity index (χ1n) is 11.5. The maximum Gasteiger partial charge on any atom is 0.276 e. The van der Waals surface area contributed by atoms with E-state index in [1.54, 1.807) is 12.3 Å². The number of rotatable bonds is 7. The fraction of sp³-hybridized carbons (Fsp3) is 0.522. The minimum Gasteiger partial charge on any atom is -0.361 e. The van der Waals surface area contributed by atoms with E-state index in [0.29, 0.717) is 44.1 Å². The normalized spacial score (nSPS) is 18.8. The second-order valence-corrected chi connectivity index (χ2v) is 8.67. The summed E-state index contributed by atoms with van der Waals surface area (Å²) in [4.78, 5) is 31.3. The molecule has 1 aliphatic heterocycles. The van der Waals surface area contributed by atoms with E-state index in [1.807, 2.05) is 28.6 Å². The molecule has 1 atom stereocenters. The number of likely N-dealkylation sites (tertiary alicyclic amines) is 1. The summed E-state index contributed by atoms with van der Waals surface area (Å²) in [6.07, 6.45) is 6.32. The van der Waals surface area contributed by atoms with Crippen LogP contribution in [-0.4, -0.2) is 56.3 Å². The lowest BCUT2D eigenvalue weighted by Crippen LogP contribution is -2.39. The summed E-state index contributed by atoms with van der Waals surface area (Å²) in [7, 11) is 0. The molecule has 1 unspecified atom stereocenters. The number of nitrogens with one attached hydrogen (secondary N) is 1. The van der Waals surface area contributed by atoms with Crippen molar-refractivity contribution in [3.05, 3.63) is 41.5 Å². The summed E-state index contributed by atoms with van der Waals surface area (Å²) in [5.74, 6) is 1.07. The molecule has 2 fully saturated rings. The summed E-state index contributed by atoms with van der Waals surface area (Å²) in [6, 6.07) is 5.69. The number of amides is 2. The van der Waals surface area contributed by atoms with Crippen LogP contribution in [0.15, 0.2) is 28.9 Å². The molecule has 168 valence electrons. The number of pyridine rings is 1. The van der Waals surface area contributed by atoms with Gasteiger partial charge in [0.15, 0.2) is 11.3 Å². The topological polar surface area (TPSA) is 106 Å². The number of nitrogens with zero attached hydrogens (tertiary/aromatic N) is 5. The highest BCUT2D eigenvalue weighted by Gasteiger charge is 2.31. The Hall–Kier alpha value is -3.23. The van der Waals surface area contributed by atoms with Crippen molar-refractivity contribution in [1.29, 1.82) is 0 Å². The molecule has 5 rings (SSSR count). The summed E-state index contributed by atoms with van der Waals surface area (Å²) < 4.78 is 7.10. The van der Waals surface area contributed by atoms with Crippen molar-refractivity contribution < 1.29 is 14.1 Å². The fourth-order valence-corrected chi connectivity index (χ4v) is 4.39. The van der Waals surface area contributed by atoms with Gasteiger partial charge in [0.2, 0.25) is 5.91 Å². The van der Waals surface area contributed by atoms with Crippen LogP contribution in [-0.2, 0) is 17.8 Å². The van der Waals surface area contributed by atoms with Gasteiger partial charge < -0.3 is 14.7 Å². The Bertz CT molecular complexity index is 1130. The molecule has 1 saturated heterocycles. The minimum absolute atomic E-state index is 0.0946. The van der Waals surface area contributed by atoms with Crippen LogP contribution in [0.3, 0.4) is 0 Å². The quantitative estimate of drug-likeness (QED) is 0.610. The van der Waals surface area contributed by atoms with E-state index in [4.69, 9.17) is 9.62 Å². The van der Waals surface area contributed by atoms with Gasteiger partial charge >= 0.3 is 0 Å². The first kappa shape index (κ1) is 20.7. The van der Waals surface area contributed by atoms with Gasteiger partial charge in [-0.1, -0.05) is 12.1 Å². The Labute approximate surface area is 186 Å². The molecule has 0 aromatic carbocycles. The first-order chi connectivity index (χ1) is 15.6.